The molecule has 0 aromatic heterocycles. The summed E-state index contributed by atoms with van der Waals surface area (Å²) >= 11 is 5.85. The Hall–Kier alpha value is -1.80. The van der Waals surface area contributed by atoms with Crippen molar-refractivity contribution in [2.45, 2.75) is 21.6 Å². The van der Waals surface area contributed by atoms with Crippen molar-refractivity contribution in [2.24, 2.45) is 11.5 Å². The van der Waals surface area contributed by atoms with E-state index < -0.39 is 26.5 Å². The minimum absolute atomic E-state index is 0.0591. The lowest BCUT2D eigenvalue weighted by molar-refractivity contribution is 0.174. The highest BCUT2D eigenvalue weighted by Gasteiger charge is 2.68. The Kier molecular flexibility index (Phi) is 3.73. The van der Waals surface area contributed by atoms with Gasteiger partial charge in [-0.25, -0.2) is 8.42 Å². The number of fused-ring (bicyclic) bond motifs is 1. The van der Waals surface area contributed by atoms with Crippen LogP contribution in [0.5, 0.6) is 11.5 Å². The normalized spacial score (nSPS) is 27.3. The number of halogens is 1. The van der Waals surface area contributed by atoms with Gasteiger partial charge in [-0.1, -0.05) is 17.7 Å². The largest absolute Gasteiger partial charge is 0.454 e. The molecule has 0 unspecified atom stereocenters. The first kappa shape index (κ1) is 16.7. The van der Waals surface area contributed by atoms with Crippen molar-refractivity contribution < 1.29 is 17.9 Å². The summed E-state index contributed by atoms with van der Waals surface area (Å²) in [7, 11) is -3.65. The minimum Gasteiger partial charge on any atom is -0.454 e. The van der Waals surface area contributed by atoms with E-state index in [0.717, 1.165) is 5.56 Å². The zero-order valence-corrected chi connectivity index (χ0v) is 14.8. The SMILES string of the molecule is NC[C@]1(N)[C@H](c2ccc3c(c2)OCO3)[C@H]1S(=O)(=O)c1ccc(Cl)cc1. The third-order valence-corrected chi connectivity index (χ3v) is 7.45. The number of ether oxygens (including phenoxy) is 2. The molecule has 1 fully saturated rings. The third kappa shape index (κ3) is 2.50. The molecule has 0 amide bonds. The third-order valence-electron chi connectivity index (χ3n) is 4.89. The smallest absolute Gasteiger partial charge is 0.231 e. The number of hydrogen-bond donors (Lipinski definition) is 2. The van der Waals surface area contributed by atoms with Crippen LogP contribution in [-0.4, -0.2) is 32.5 Å². The molecule has 1 saturated carbocycles. The molecule has 25 heavy (non-hydrogen) atoms. The van der Waals surface area contributed by atoms with Gasteiger partial charge in [0.05, 0.1) is 15.7 Å². The molecule has 3 atom stereocenters. The molecule has 1 heterocycles. The van der Waals surface area contributed by atoms with Crippen molar-refractivity contribution in [3.8, 4) is 11.5 Å². The van der Waals surface area contributed by atoms with E-state index in [1.807, 2.05) is 6.07 Å². The van der Waals surface area contributed by atoms with Gasteiger partial charge in [0.2, 0.25) is 6.79 Å². The molecule has 2 aliphatic rings. The summed E-state index contributed by atoms with van der Waals surface area (Å²) in [5.74, 6) is 0.816. The van der Waals surface area contributed by atoms with E-state index in [0.29, 0.717) is 16.5 Å². The quantitative estimate of drug-likeness (QED) is 0.835. The lowest BCUT2D eigenvalue weighted by atomic mass is 10.1. The Morgan fingerprint density at radius 1 is 1.12 bits per heavy atom. The summed E-state index contributed by atoms with van der Waals surface area (Å²) in [5.41, 5.74) is 11.9. The summed E-state index contributed by atoms with van der Waals surface area (Å²) in [6.45, 7) is 0.213. The molecule has 0 radical (unpaired) electrons. The molecule has 1 aliphatic carbocycles. The molecule has 4 rings (SSSR count). The second-order valence-corrected chi connectivity index (χ2v) is 8.83. The van der Waals surface area contributed by atoms with Crippen LogP contribution in [0.2, 0.25) is 5.02 Å². The summed E-state index contributed by atoms with van der Waals surface area (Å²) in [6, 6.07) is 11.4. The Bertz CT molecular complexity index is 932. The Morgan fingerprint density at radius 3 is 2.48 bits per heavy atom. The lowest BCUT2D eigenvalue weighted by Gasteiger charge is -2.09. The van der Waals surface area contributed by atoms with E-state index in [-0.39, 0.29) is 18.2 Å². The fourth-order valence-corrected chi connectivity index (χ4v) is 5.94. The molecular weight excluding hydrogens is 364 g/mol. The van der Waals surface area contributed by atoms with Gasteiger partial charge in [-0.2, -0.15) is 0 Å². The number of benzene rings is 2. The number of rotatable bonds is 4. The summed E-state index contributed by atoms with van der Waals surface area (Å²) < 4.78 is 36.8. The van der Waals surface area contributed by atoms with Crippen LogP contribution in [0.4, 0.5) is 0 Å². The first-order valence-corrected chi connectivity index (χ1v) is 9.68. The second kappa shape index (κ2) is 5.60. The second-order valence-electron chi connectivity index (χ2n) is 6.33. The minimum atomic E-state index is -3.65. The Morgan fingerprint density at radius 2 is 1.80 bits per heavy atom. The van der Waals surface area contributed by atoms with Crippen LogP contribution in [-0.2, 0) is 9.84 Å². The van der Waals surface area contributed by atoms with Gasteiger partial charge in [0, 0.05) is 17.5 Å². The number of hydrogen-bond acceptors (Lipinski definition) is 6. The summed E-state index contributed by atoms with van der Waals surface area (Å²) in [5, 5.41) is -0.327. The topological polar surface area (TPSA) is 105 Å². The van der Waals surface area contributed by atoms with E-state index >= 15 is 0 Å². The molecule has 0 spiro atoms. The van der Waals surface area contributed by atoms with E-state index in [9.17, 15) is 8.42 Å². The van der Waals surface area contributed by atoms with Crippen molar-refractivity contribution in [3.63, 3.8) is 0 Å². The molecular formula is C17H17ClN2O4S. The first-order chi connectivity index (χ1) is 11.9. The maximum absolute atomic E-state index is 13.1. The van der Waals surface area contributed by atoms with Crippen molar-refractivity contribution in [1.82, 2.24) is 0 Å². The lowest BCUT2D eigenvalue weighted by Crippen LogP contribution is -2.39. The van der Waals surface area contributed by atoms with Gasteiger partial charge in [-0.15, -0.1) is 0 Å². The van der Waals surface area contributed by atoms with Gasteiger partial charge < -0.3 is 20.9 Å². The van der Waals surface area contributed by atoms with Gasteiger partial charge in [-0.3, -0.25) is 0 Å². The highest BCUT2D eigenvalue weighted by Crippen LogP contribution is 2.56. The van der Waals surface area contributed by atoms with Crippen molar-refractivity contribution in [3.05, 3.63) is 53.1 Å². The van der Waals surface area contributed by atoms with E-state index in [2.05, 4.69) is 0 Å². The predicted octanol–water partition coefficient (Wildman–Crippen LogP) is 1.66. The highest BCUT2D eigenvalue weighted by molar-refractivity contribution is 7.92. The Balaban J connectivity index is 1.73. The summed E-state index contributed by atoms with van der Waals surface area (Å²) in [6.07, 6.45) is 0. The number of sulfone groups is 1. The monoisotopic (exact) mass is 380 g/mol. The van der Waals surface area contributed by atoms with E-state index in [1.165, 1.54) is 12.1 Å². The van der Waals surface area contributed by atoms with Gasteiger partial charge in [0.15, 0.2) is 21.3 Å². The molecule has 8 heteroatoms. The molecule has 2 aromatic carbocycles. The molecule has 6 nitrogen and oxygen atoms in total. The van der Waals surface area contributed by atoms with Crippen molar-refractivity contribution in [1.29, 1.82) is 0 Å². The fourth-order valence-electron chi connectivity index (χ4n) is 3.50. The van der Waals surface area contributed by atoms with Crippen LogP contribution in [0.15, 0.2) is 47.4 Å². The molecule has 0 saturated heterocycles. The van der Waals surface area contributed by atoms with Crippen LogP contribution in [0.1, 0.15) is 11.5 Å². The van der Waals surface area contributed by atoms with Crippen LogP contribution in [0, 0.1) is 0 Å². The highest BCUT2D eigenvalue weighted by atomic mass is 35.5. The van der Waals surface area contributed by atoms with Crippen molar-refractivity contribution in [2.75, 3.05) is 13.3 Å². The maximum Gasteiger partial charge on any atom is 0.231 e. The molecule has 0 bridgehead atoms. The fraction of sp³-hybridized carbons (Fsp3) is 0.294. The summed E-state index contributed by atoms with van der Waals surface area (Å²) in [4.78, 5) is 0.188. The maximum atomic E-state index is 13.1. The predicted molar refractivity (Wildman–Crippen MR) is 93.7 cm³/mol. The molecule has 2 aromatic rings. The first-order valence-electron chi connectivity index (χ1n) is 7.76. The number of nitrogens with two attached hydrogens (primary N) is 2. The molecule has 1 aliphatic heterocycles. The van der Waals surface area contributed by atoms with Gasteiger partial charge in [0.25, 0.3) is 0 Å². The molecule has 132 valence electrons. The molecule has 4 N–H and O–H groups in total. The van der Waals surface area contributed by atoms with Crippen molar-refractivity contribution >= 4 is 21.4 Å². The van der Waals surface area contributed by atoms with Crippen LogP contribution in [0.25, 0.3) is 0 Å². The van der Waals surface area contributed by atoms with Gasteiger partial charge in [-0.05, 0) is 42.0 Å². The average Bonchev–Trinajstić information content (AvgIpc) is 2.99. The average molecular weight is 381 g/mol. The zero-order chi connectivity index (χ0) is 17.8. The Labute approximate surface area is 150 Å². The van der Waals surface area contributed by atoms with Crippen LogP contribution >= 0.6 is 11.6 Å². The van der Waals surface area contributed by atoms with Crippen LogP contribution < -0.4 is 20.9 Å². The van der Waals surface area contributed by atoms with E-state index in [4.69, 9.17) is 32.5 Å². The van der Waals surface area contributed by atoms with Gasteiger partial charge in [0.1, 0.15) is 0 Å². The van der Waals surface area contributed by atoms with E-state index in [1.54, 1.807) is 24.3 Å². The standard InChI is InChI=1S/C17H17ClN2O4S/c18-11-2-4-12(5-3-11)25(21,22)16-15(17(16,20)8-19)10-1-6-13-14(7-10)24-9-23-13/h1-7,15-16H,8-9,19-20H2/t15-,16-,17+/m1/s1. The van der Waals surface area contributed by atoms with Crippen LogP contribution in [0.3, 0.4) is 0 Å². The zero-order valence-electron chi connectivity index (χ0n) is 13.2. The van der Waals surface area contributed by atoms with Gasteiger partial charge >= 0.3 is 0 Å².